The summed E-state index contributed by atoms with van der Waals surface area (Å²) in [6.07, 6.45) is 7.24. The standard InChI is InChI=1S/C24H29N5O4S2/c1-2-13-27-22(31)19-10-6-7-11-20(19)29-23(27)25-26-24(29)34-15-21(30)28(17-8-4-3-5-9-17)18-12-14-35(32,33)16-18/h2,6-7,10-11,17-18H,1,3-5,8-9,12-16H2/t18-/m0/s1. The van der Waals surface area contributed by atoms with E-state index in [1.165, 1.54) is 16.3 Å². The van der Waals surface area contributed by atoms with E-state index in [9.17, 15) is 18.0 Å². The number of fused-ring (bicyclic) bond motifs is 3. The molecule has 1 atom stereocenters. The maximum atomic E-state index is 13.5. The number of amides is 1. The summed E-state index contributed by atoms with van der Waals surface area (Å²) in [5.74, 6) is 0.650. The van der Waals surface area contributed by atoms with Crippen molar-refractivity contribution in [3.8, 4) is 0 Å². The molecule has 0 unspecified atom stereocenters. The van der Waals surface area contributed by atoms with Gasteiger partial charge >= 0.3 is 0 Å². The fraction of sp³-hybridized carbons (Fsp3) is 0.500. The molecule has 2 fully saturated rings. The lowest BCUT2D eigenvalue weighted by Crippen LogP contribution is -2.49. The molecule has 1 aliphatic carbocycles. The first-order valence-electron chi connectivity index (χ1n) is 12.0. The van der Waals surface area contributed by atoms with Gasteiger partial charge in [0.1, 0.15) is 0 Å². The van der Waals surface area contributed by atoms with Gasteiger partial charge in [-0.05, 0) is 31.4 Å². The summed E-state index contributed by atoms with van der Waals surface area (Å²) in [6, 6.07) is 7.10. The first kappa shape index (κ1) is 24.1. The molecular weight excluding hydrogens is 486 g/mol. The molecule has 1 aliphatic heterocycles. The number of benzene rings is 1. The van der Waals surface area contributed by atoms with Gasteiger partial charge in [-0.1, -0.05) is 49.2 Å². The summed E-state index contributed by atoms with van der Waals surface area (Å²) in [4.78, 5) is 28.4. The Balaban J connectivity index is 1.46. The number of carbonyl (C=O) groups is 1. The molecule has 3 aromatic rings. The minimum atomic E-state index is -3.11. The molecule has 3 heterocycles. The quantitative estimate of drug-likeness (QED) is 0.352. The molecule has 11 heteroatoms. The van der Waals surface area contributed by atoms with Crippen LogP contribution >= 0.6 is 11.8 Å². The molecule has 1 amide bonds. The lowest BCUT2D eigenvalue weighted by atomic mass is 9.93. The van der Waals surface area contributed by atoms with E-state index in [1.54, 1.807) is 12.1 Å². The fourth-order valence-electron chi connectivity index (χ4n) is 5.38. The molecule has 0 bridgehead atoms. The molecule has 2 aromatic heterocycles. The van der Waals surface area contributed by atoms with E-state index < -0.39 is 9.84 Å². The Kier molecular flexibility index (Phi) is 6.71. The average molecular weight is 516 g/mol. The fourth-order valence-corrected chi connectivity index (χ4v) is 7.90. The Bertz CT molecular complexity index is 1440. The van der Waals surface area contributed by atoms with Crippen LogP contribution in [0.2, 0.25) is 0 Å². The van der Waals surface area contributed by atoms with Crippen molar-refractivity contribution in [3.05, 3.63) is 47.3 Å². The molecule has 35 heavy (non-hydrogen) atoms. The molecule has 0 spiro atoms. The van der Waals surface area contributed by atoms with E-state index in [0.717, 1.165) is 32.1 Å². The second-order valence-corrected chi connectivity index (χ2v) is 12.4. The van der Waals surface area contributed by atoms with Gasteiger partial charge in [-0.3, -0.25) is 18.6 Å². The highest BCUT2D eigenvalue weighted by molar-refractivity contribution is 7.99. The van der Waals surface area contributed by atoms with Crippen molar-refractivity contribution >= 4 is 44.2 Å². The van der Waals surface area contributed by atoms with Crippen LogP contribution in [0.15, 0.2) is 46.9 Å². The molecule has 1 saturated carbocycles. The summed E-state index contributed by atoms with van der Waals surface area (Å²) >= 11 is 1.27. The van der Waals surface area contributed by atoms with Crippen LogP contribution in [0.4, 0.5) is 0 Å². The van der Waals surface area contributed by atoms with Crippen LogP contribution in [0.3, 0.4) is 0 Å². The van der Waals surface area contributed by atoms with Crippen molar-refractivity contribution in [1.82, 2.24) is 24.1 Å². The van der Waals surface area contributed by atoms with Gasteiger partial charge in [-0.2, -0.15) is 0 Å². The third-order valence-electron chi connectivity index (χ3n) is 6.97. The largest absolute Gasteiger partial charge is 0.335 e. The molecule has 5 rings (SSSR count). The van der Waals surface area contributed by atoms with Crippen molar-refractivity contribution in [2.24, 2.45) is 0 Å². The zero-order chi connectivity index (χ0) is 24.6. The van der Waals surface area contributed by atoms with E-state index in [-0.39, 0.29) is 40.8 Å². The number of rotatable bonds is 7. The second kappa shape index (κ2) is 9.77. The SMILES string of the molecule is C=CCn1c(=O)c2ccccc2n2c(SCC(=O)N(C3CCCCC3)[C@H]3CCS(=O)(=O)C3)nnc12. The number of sulfone groups is 1. The number of carbonyl (C=O) groups excluding carboxylic acids is 1. The third kappa shape index (κ3) is 4.63. The number of aromatic nitrogens is 4. The highest BCUT2D eigenvalue weighted by Crippen LogP contribution is 2.30. The van der Waals surface area contributed by atoms with Gasteiger partial charge in [-0.15, -0.1) is 16.8 Å². The van der Waals surface area contributed by atoms with Gasteiger partial charge in [-0.25, -0.2) is 8.42 Å². The normalized spacial score (nSPS) is 20.4. The summed E-state index contributed by atoms with van der Waals surface area (Å²) in [7, 11) is -3.11. The number of nitrogens with zero attached hydrogens (tertiary/aromatic N) is 5. The van der Waals surface area contributed by atoms with Crippen molar-refractivity contribution in [2.75, 3.05) is 17.3 Å². The van der Waals surface area contributed by atoms with Crippen LogP contribution < -0.4 is 5.56 Å². The molecule has 2 aliphatic rings. The van der Waals surface area contributed by atoms with Crippen molar-refractivity contribution in [1.29, 1.82) is 0 Å². The highest BCUT2D eigenvalue weighted by Gasteiger charge is 2.38. The topological polar surface area (TPSA) is 107 Å². The summed E-state index contributed by atoms with van der Waals surface area (Å²) in [5, 5.41) is 9.62. The van der Waals surface area contributed by atoms with Crippen LogP contribution in [0.1, 0.15) is 38.5 Å². The van der Waals surface area contributed by atoms with Crippen LogP contribution in [-0.4, -0.2) is 67.7 Å². The Morgan fingerprint density at radius 1 is 1.14 bits per heavy atom. The molecule has 186 valence electrons. The van der Waals surface area contributed by atoms with Gasteiger partial charge in [0.15, 0.2) is 15.0 Å². The summed E-state index contributed by atoms with van der Waals surface area (Å²) in [5.41, 5.74) is 0.512. The summed E-state index contributed by atoms with van der Waals surface area (Å²) in [6.45, 7) is 4.04. The number of para-hydroxylation sites is 1. The van der Waals surface area contributed by atoms with Gasteiger partial charge in [0, 0.05) is 18.6 Å². The number of hydrogen-bond acceptors (Lipinski definition) is 7. The lowest BCUT2D eigenvalue weighted by Gasteiger charge is -2.38. The first-order valence-corrected chi connectivity index (χ1v) is 14.8. The predicted molar refractivity (Wildman–Crippen MR) is 136 cm³/mol. The van der Waals surface area contributed by atoms with E-state index in [2.05, 4.69) is 16.8 Å². The molecule has 1 saturated heterocycles. The van der Waals surface area contributed by atoms with Crippen LogP contribution in [0.25, 0.3) is 16.7 Å². The van der Waals surface area contributed by atoms with E-state index in [1.807, 2.05) is 27.5 Å². The number of thioether (sulfide) groups is 1. The molecular formula is C24H29N5O4S2. The second-order valence-electron chi connectivity index (χ2n) is 9.28. The molecule has 1 aromatic carbocycles. The van der Waals surface area contributed by atoms with E-state index >= 15 is 0 Å². The first-order chi connectivity index (χ1) is 16.9. The minimum Gasteiger partial charge on any atom is -0.335 e. The summed E-state index contributed by atoms with van der Waals surface area (Å²) < 4.78 is 27.7. The average Bonchev–Trinajstić information content (AvgIpc) is 3.44. The molecule has 9 nitrogen and oxygen atoms in total. The van der Waals surface area contributed by atoms with Crippen molar-refractivity contribution in [3.63, 3.8) is 0 Å². The van der Waals surface area contributed by atoms with Gasteiger partial charge in [0.05, 0.1) is 28.2 Å². The Labute approximate surface area is 208 Å². The third-order valence-corrected chi connectivity index (χ3v) is 9.64. The smallest absolute Gasteiger partial charge is 0.263 e. The van der Waals surface area contributed by atoms with Gasteiger partial charge < -0.3 is 4.90 Å². The zero-order valence-electron chi connectivity index (χ0n) is 19.5. The van der Waals surface area contributed by atoms with Crippen LogP contribution in [0, 0.1) is 0 Å². The van der Waals surface area contributed by atoms with E-state index in [4.69, 9.17) is 0 Å². The van der Waals surface area contributed by atoms with E-state index in [0.29, 0.717) is 34.8 Å². The Morgan fingerprint density at radius 3 is 2.63 bits per heavy atom. The molecule has 0 N–H and O–H groups in total. The van der Waals surface area contributed by atoms with Crippen molar-refractivity contribution < 1.29 is 13.2 Å². The maximum Gasteiger partial charge on any atom is 0.263 e. The highest BCUT2D eigenvalue weighted by atomic mass is 32.2. The number of hydrogen-bond donors (Lipinski definition) is 0. The molecule has 0 radical (unpaired) electrons. The Morgan fingerprint density at radius 2 is 1.91 bits per heavy atom. The number of allylic oxidation sites excluding steroid dienone is 1. The lowest BCUT2D eigenvalue weighted by molar-refractivity contribution is -0.133. The van der Waals surface area contributed by atoms with Crippen LogP contribution in [0.5, 0.6) is 0 Å². The monoisotopic (exact) mass is 515 g/mol. The Hall–Kier alpha value is -2.66. The van der Waals surface area contributed by atoms with Crippen LogP contribution in [-0.2, 0) is 21.2 Å². The zero-order valence-corrected chi connectivity index (χ0v) is 21.1. The predicted octanol–water partition coefficient (Wildman–Crippen LogP) is 2.67. The van der Waals surface area contributed by atoms with Gasteiger partial charge in [0.25, 0.3) is 5.56 Å². The minimum absolute atomic E-state index is 0.0479. The maximum absolute atomic E-state index is 13.5. The van der Waals surface area contributed by atoms with Gasteiger partial charge in [0.2, 0.25) is 11.7 Å². The van der Waals surface area contributed by atoms with Crippen molar-refractivity contribution in [2.45, 2.75) is 62.3 Å².